The Balaban J connectivity index is 2.33. The van der Waals surface area contributed by atoms with Gasteiger partial charge < -0.3 is 10.5 Å². The zero-order valence-corrected chi connectivity index (χ0v) is 13.0. The third kappa shape index (κ3) is 3.55. The smallest absolute Gasteiger partial charge is 0.186 e. The number of sulfone groups is 1. The molecule has 0 aromatic heterocycles. The van der Waals surface area contributed by atoms with Gasteiger partial charge in [0.1, 0.15) is 10.6 Å². The average molecular weight is 305 g/mol. The molecular weight excluding hydrogens is 286 g/mol. The molecule has 0 aliphatic carbocycles. The monoisotopic (exact) mass is 305 g/mol. The normalized spacial score (nSPS) is 11.3. The van der Waals surface area contributed by atoms with Gasteiger partial charge in [0.05, 0.1) is 12.9 Å². The number of methoxy groups -OCH3 is 1. The summed E-state index contributed by atoms with van der Waals surface area (Å²) in [5, 5.41) is 0. The van der Waals surface area contributed by atoms with Crippen LogP contribution in [0.15, 0.2) is 47.4 Å². The van der Waals surface area contributed by atoms with Crippen molar-refractivity contribution in [1.82, 2.24) is 0 Å². The third-order valence-corrected chi connectivity index (χ3v) is 5.03. The van der Waals surface area contributed by atoms with Crippen LogP contribution in [0.25, 0.3) is 0 Å². The summed E-state index contributed by atoms with van der Waals surface area (Å²) >= 11 is 0. The van der Waals surface area contributed by atoms with Gasteiger partial charge >= 0.3 is 0 Å². The summed E-state index contributed by atoms with van der Waals surface area (Å²) in [5.41, 5.74) is 8.06. The molecule has 2 N–H and O–H groups in total. The first-order valence-electron chi connectivity index (χ1n) is 6.70. The van der Waals surface area contributed by atoms with Crippen molar-refractivity contribution in [2.75, 3.05) is 12.8 Å². The standard InChI is InChI=1S/C16H19NO3S/c1-3-12-4-6-13(7-5-12)11-21(18,19)16-9-8-14(17)10-15(16)20-2/h4-10H,3,11,17H2,1-2H3. The zero-order valence-electron chi connectivity index (χ0n) is 12.2. The van der Waals surface area contributed by atoms with Crippen molar-refractivity contribution in [3.05, 3.63) is 53.6 Å². The van der Waals surface area contributed by atoms with Crippen LogP contribution in [0.1, 0.15) is 18.1 Å². The number of nitrogen functional groups attached to an aromatic ring is 1. The van der Waals surface area contributed by atoms with E-state index < -0.39 is 9.84 Å². The lowest BCUT2D eigenvalue weighted by atomic mass is 10.1. The molecule has 0 bridgehead atoms. The molecule has 21 heavy (non-hydrogen) atoms. The van der Waals surface area contributed by atoms with Gasteiger partial charge in [-0.3, -0.25) is 0 Å². The molecular formula is C16H19NO3S. The molecule has 0 spiro atoms. The fourth-order valence-electron chi connectivity index (χ4n) is 2.11. The van der Waals surface area contributed by atoms with Gasteiger partial charge in [-0.25, -0.2) is 8.42 Å². The minimum absolute atomic E-state index is 0.0583. The van der Waals surface area contributed by atoms with E-state index in [1.807, 2.05) is 24.3 Å². The average Bonchev–Trinajstić information content (AvgIpc) is 2.47. The Hall–Kier alpha value is -2.01. The molecule has 5 heteroatoms. The van der Waals surface area contributed by atoms with Crippen molar-refractivity contribution in [3.8, 4) is 5.75 Å². The van der Waals surface area contributed by atoms with E-state index >= 15 is 0 Å². The first-order valence-corrected chi connectivity index (χ1v) is 8.35. The van der Waals surface area contributed by atoms with E-state index in [-0.39, 0.29) is 16.4 Å². The Bertz CT molecular complexity index is 722. The molecule has 112 valence electrons. The predicted molar refractivity (Wildman–Crippen MR) is 84.1 cm³/mol. The highest BCUT2D eigenvalue weighted by Crippen LogP contribution is 2.28. The largest absolute Gasteiger partial charge is 0.495 e. The number of anilines is 1. The Morgan fingerprint density at radius 3 is 2.24 bits per heavy atom. The first-order chi connectivity index (χ1) is 9.96. The quantitative estimate of drug-likeness (QED) is 0.862. The van der Waals surface area contributed by atoms with Crippen LogP contribution in [-0.4, -0.2) is 15.5 Å². The van der Waals surface area contributed by atoms with Crippen LogP contribution >= 0.6 is 0 Å². The summed E-state index contributed by atoms with van der Waals surface area (Å²) in [6.07, 6.45) is 0.929. The third-order valence-electron chi connectivity index (χ3n) is 3.31. The molecule has 0 saturated carbocycles. The van der Waals surface area contributed by atoms with Crippen LogP contribution in [0.4, 0.5) is 5.69 Å². The molecule has 0 saturated heterocycles. The SMILES string of the molecule is CCc1ccc(CS(=O)(=O)c2ccc(N)cc2OC)cc1. The maximum absolute atomic E-state index is 12.5. The van der Waals surface area contributed by atoms with E-state index in [4.69, 9.17) is 10.5 Å². The van der Waals surface area contributed by atoms with E-state index in [2.05, 4.69) is 6.92 Å². The zero-order chi connectivity index (χ0) is 15.5. The second-order valence-corrected chi connectivity index (χ2v) is 6.80. The fraction of sp³-hybridized carbons (Fsp3) is 0.250. The summed E-state index contributed by atoms with van der Waals surface area (Å²) < 4.78 is 30.2. The highest BCUT2D eigenvalue weighted by molar-refractivity contribution is 7.90. The maximum Gasteiger partial charge on any atom is 0.186 e. The van der Waals surface area contributed by atoms with Crippen LogP contribution in [0.5, 0.6) is 5.75 Å². The number of rotatable bonds is 5. The lowest BCUT2D eigenvalue weighted by Gasteiger charge is -2.10. The van der Waals surface area contributed by atoms with Gasteiger partial charge in [0.15, 0.2) is 9.84 Å². The Morgan fingerprint density at radius 2 is 1.67 bits per heavy atom. The van der Waals surface area contributed by atoms with Crippen LogP contribution in [0, 0.1) is 0 Å². The molecule has 0 fully saturated rings. The second-order valence-electron chi connectivity index (χ2n) is 4.84. The van der Waals surface area contributed by atoms with Crippen LogP contribution < -0.4 is 10.5 Å². The number of nitrogens with two attached hydrogens (primary N) is 1. The van der Waals surface area contributed by atoms with Crippen molar-refractivity contribution in [1.29, 1.82) is 0 Å². The molecule has 0 radical (unpaired) electrons. The van der Waals surface area contributed by atoms with Crippen molar-refractivity contribution in [3.63, 3.8) is 0 Å². The summed E-state index contributed by atoms with van der Waals surface area (Å²) in [7, 11) is -2.04. The van der Waals surface area contributed by atoms with Gasteiger partial charge in [0, 0.05) is 11.8 Å². The van der Waals surface area contributed by atoms with Crippen LogP contribution in [-0.2, 0) is 22.0 Å². The molecule has 0 aliphatic heterocycles. The molecule has 2 rings (SSSR count). The highest BCUT2D eigenvalue weighted by atomic mass is 32.2. The molecule has 0 amide bonds. The Labute approximate surface area is 125 Å². The molecule has 2 aromatic rings. The summed E-state index contributed by atoms with van der Waals surface area (Å²) in [4.78, 5) is 0.166. The number of hydrogen-bond donors (Lipinski definition) is 1. The fourth-order valence-corrected chi connectivity index (χ4v) is 3.62. The van der Waals surface area contributed by atoms with Crippen molar-refractivity contribution in [2.45, 2.75) is 24.0 Å². The van der Waals surface area contributed by atoms with Crippen LogP contribution in [0.2, 0.25) is 0 Å². The van der Waals surface area contributed by atoms with Gasteiger partial charge in [-0.1, -0.05) is 31.2 Å². The molecule has 0 aliphatic rings. The van der Waals surface area contributed by atoms with Crippen molar-refractivity contribution in [2.24, 2.45) is 0 Å². The summed E-state index contributed by atoms with van der Waals surface area (Å²) in [5.74, 6) is 0.220. The van der Waals surface area contributed by atoms with E-state index in [9.17, 15) is 8.42 Å². The Kier molecular flexibility index (Phi) is 4.53. The first kappa shape index (κ1) is 15.4. The number of hydrogen-bond acceptors (Lipinski definition) is 4. The van der Waals surface area contributed by atoms with Gasteiger partial charge in [-0.05, 0) is 29.7 Å². The lowest BCUT2D eigenvalue weighted by Crippen LogP contribution is -2.07. The van der Waals surface area contributed by atoms with Crippen molar-refractivity contribution >= 4 is 15.5 Å². The van der Waals surface area contributed by atoms with E-state index in [0.717, 1.165) is 12.0 Å². The molecule has 0 unspecified atom stereocenters. The molecule has 0 heterocycles. The summed E-state index contributed by atoms with van der Waals surface area (Å²) in [6.45, 7) is 2.06. The van der Waals surface area contributed by atoms with Crippen LogP contribution in [0.3, 0.4) is 0 Å². The Morgan fingerprint density at radius 1 is 1.05 bits per heavy atom. The van der Waals surface area contributed by atoms with Gasteiger partial charge in [0.2, 0.25) is 0 Å². The van der Waals surface area contributed by atoms with Crippen molar-refractivity contribution < 1.29 is 13.2 Å². The topological polar surface area (TPSA) is 69.4 Å². The number of benzene rings is 2. The van der Waals surface area contributed by atoms with E-state index in [1.165, 1.54) is 24.8 Å². The lowest BCUT2D eigenvalue weighted by molar-refractivity contribution is 0.403. The summed E-state index contributed by atoms with van der Waals surface area (Å²) in [6, 6.07) is 12.2. The molecule has 2 aromatic carbocycles. The van der Waals surface area contributed by atoms with E-state index in [0.29, 0.717) is 5.69 Å². The molecule has 4 nitrogen and oxygen atoms in total. The number of ether oxygens (including phenoxy) is 1. The maximum atomic E-state index is 12.5. The minimum Gasteiger partial charge on any atom is -0.495 e. The van der Waals surface area contributed by atoms with E-state index in [1.54, 1.807) is 6.07 Å². The predicted octanol–water partition coefficient (Wildman–Crippen LogP) is 2.81. The van der Waals surface area contributed by atoms with Gasteiger partial charge in [-0.2, -0.15) is 0 Å². The minimum atomic E-state index is -3.47. The second kappa shape index (κ2) is 6.18. The molecule has 0 atom stereocenters. The van der Waals surface area contributed by atoms with Gasteiger partial charge in [-0.15, -0.1) is 0 Å². The number of aryl methyl sites for hydroxylation is 1. The van der Waals surface area contributed by atoms with Gasteiger partial charge in [0.25, 0.3) is 0 Å². The highest BCUT2D eigenvalue weighted by Gasteiger charge is 2.20.